The van der Waals surface area contributed by atoms with Crippen LogP contribution in [-0.4, -0.2) is 83.7 Å². The van der Waals surface area contributed by atoms with Gasteiger partial charge in [-0.05, 0) is 60.9 Å². The molecule has 2 aliphatic rings. The number of benzene rings is 2. The third kappa shape index (κ3) is 12.8. The Labute approximate surface area is 315 Å². The van der Waals surface area contributed by atoms with Crippen molar-refractivity contribution in [2.75, 3.05) is 70.8 Å². The van der Waals surface area contributed by atoms with Crippen LogP contribution in [0, 0.1) is 5.92 Å². The highest BCUT2D eigenvalue weighted by Gasteiger charge is 2.26. The maximum Gasteiger partial charge on any atom is 0.240 e. The Bertz CT molecular complexity index is 1680. The van der Waals surface area contributed by atoms with E-state index in [2.05, 4.69) is 95.4 Å². The first-order valence-corrected chi connectivity index (χ1v) is 19.4. The lowest BCUT2D eigenvalue weighted by atomic mass is 9.97. The standard InChI is InChI=1S/C43H58N4O6/c1-33-29-34(2)45-40(33)15-7-5-12-38(48)13-10-21-50-23-25-52-27-28-53-26-24-51-22-19-44-43(49)32-47-37(31-36-11-4-8-16-41(36)47)30-35-18-20-46(3)42-17-9-6-14-39(35)42/h4,6,8-9,11,14,16-18,20,30,33,40,45H,2,5,7,10,12-13,15,19,21-29,31-32H2,1,3H3/p+1. The van der Waals surface area contributed by atoms with Gasteiger partial charge in [0.2, 0.25) is 11.4 Å². The fourth-order valence-corrected chi connectivity index (χ4v) is 7.14. The predicted octanol–water partition coefficient (Wildman–Crippen LogP) is 5.67. The quantitative estimate of drug-likeness (QED) is 0.0900. The van der Waals surface area contributed by atoms with Gasteiger partial charge in [-0.1, -0.05) is 50.3 Å². The zero-order valence-corrected chi connectivity index (χ0v) is 31.8. The fourth-order valence-electron chi connectivity index (χ4n) is 7.14. The molecule has 2 aromatic carbocycles. The maximum atomic E-state index is 13.0. The van der Waals surface area contributed by atoms with E-state index in [4.69, 9.17) is 18.9 Å². The molecule has 0 spiro atoms. The normalized spacial score (nSPS) is 17.4. The number of anilines is 1. The molecule has 0 radical (unpaired) electrons. The summed E-state index contributed by atoms with van der Waals surface area (Å²) in [5, 5.41) is 7.65. The average molecular weight is 728 g/mol. The van der Waals surface area contributed by atoms with Crippen molar-refractivity contribution < 1.29 is 33.1 Å². The van der Waals surface area contributed by atoms with E-state index in [1.165, 1.54) is 10.9 Å². The number of nitrogens with one attached hydrogen (secondary N) is 2. The van der Waals surface area contributed by atoms with Gasteiger partial charge in [-0.2, -0.15) is 0 Å². The van der Waals surface area contributed by atoms with Crippen LogP contribution in [0.2, 0.25) is 0 Å². The van der Waals surface area contributed by atoms with E-state index in [1.54, 1.807) is 0 Å². The van der Waals surface area contributed by atoms with E-state index < -0.39 is 0 Å². The second-order valence-electron chi connectivity index (χ2n) is 14.1. The first-order valence-electron chi connectivity index (χ1n) is 19.4. The molecule has 0 saturated carbocycles. The minimum absolute atomic E-state index is 0.0493. The Kier molecular flexibility index (Phi) is 16.3. The third-order valence-corrected chi connectivity index (χ3v) is 9.99. The molecule has 2 unspecified atom stereocenters. The second kappa shape index (κ2) is 21.6. The number of ether oxygens (including phenoxy) is 4. The smallest absolute Gasteiger partial charge is 0.240 e. The molecular weight excluding hydrogens is 668 g/mol. The molecular formula is C43H59N4O6+. The number of para-hydroxylation sites is 2. The molecule has 53 heavy (non-hydrogen) atoms. The van der Waals surface area contributed by atoms with Crippen molar-refractivity contribution in [2.24, 2.45) is 13.0 Å². The summed E-state index contributed by atoms with van der Waals surface area (Å²) in [6.45, 7) is 10.8. The molecule has 10 heteroatoms. The summed E-state index contributed by atoms with van der Waals surface area (Å²) in [4.78, 5) is 27.3. The SMILES string of the molecule is C=C1CC(C)C(CCCCC(=O)CCCOCCOCCOCCOCCNC(=O)CN2C(=Cc3cc[n+](C)c4ccccc34)Cc3ccccc32)N1. The summed E-state index contributed by atoms with van der Waals surface area (Å²) in [7, 11) is 2.05. The average Bonchev–Trinajstić information content (AvgIpc) is 3.67. The maximum absolute atomic E-state index is 13.0. The first-order chi connectivity index (χ1) is 25.9. The number of Topliss-reactive ketones (excluding diaryl/α,β-unsaturated/α-hetero) is 1. The van der Waals surface area contributed by atoms with Crippen LogP contribution in [0.15, 0.2) is 78.8 Å². The molecule has 5 rings (SSSR count). The number of fused-ring (bicyclic) bond motifs is 2. The van der Waals surface area contributed by atoms with Gasteiger partial charge in [0.05, 0.1) is 51.6 Å². The zero-order chi connectivity index (χ0) is 37.3. The predicted molar refractivity (Wildman–Crippen MR) is 209 cm³/mol. The van der Waals surface area contributed by atoms with Crippen molar-refractivity contribution in [3.63, 3.8) is 0 Å². The highest BCUT2D eigenvalue weighted by Crippen LogP contribution is 2.35. The number of hydrogen-bond acceptors (Lipinski definition) is 8. The monoisotopic (exact) mass is 727 g/mol. The van der Waals surface area contributed by atoms with Crippen LogP contribution in [0.25, 0.3) is 17.0 Å². The third-order valence-electron chi connectivity index (χ3n) is 9.99. The highest BCUT2D eigenvalue weighted by molar-refractivity contribution is 5.89. The van der Waals surface area contributed by atoms with Crippen molar-refractivity contribution in [2.45, 2.75) is 64.3 Å². The van der Waals surface area contributed by atoms with E-state index >= 15 is 0 Å². The van der Waals surface area contributed by atoms with E-state index in [1.807, 2.05) is 12.1 Å². The molecule has 2 N–H and O–H groups in total. The minimum atomic E-state index is -0.0493. The van der Waals surface area contributed by atoms with Gasteiger partial charge in [0.25, 0.3) is 0 Å². The lowest BCUT2D eigenvalue weighted by Crippen LogP contribution is -2.37. The summed E-state index contributed by atoms with van der Waals surface area (Å²) in [5.41, 5.74) is 6.83. The summed E-state index contributed by atoms with van der Waals surface area (Å²) in [5.74, 6) is 0.916. The highest BCUT2D eigenvalue weighted by atomic mass is 16.6. The Morgan fingerprint density at radius 3 is 2.32 bits per heavy atom. The number of amides is 1. The number of hydrogen-bond donors (Lipinski definition) is 2. The molecule has 1 amide bonds. The van der Waals surface area contributed by atoms with E-state index in [-0.39, 0.29) is 12.5 Å². The van der Waals surface area contributed by atoms with Crippen LogP contribution < -0.4 is 20.1 Å². The van der Waals surface area contributed by atoms with E-state index in [0.717, 1.165) is 66.7 Å². The molecule has 3 heterocycles. The number of nitrogens with zero attached hydrogens (tertiary/aromatic N) is 2. The summed E-state index contributed by atoms with van der Waals surface area (Å²) in [6, 6.07) is 19.3. The Morgan fingerprint density at radius 2 is 1.57 bits per heavy atom. The lowest BCUT2D eigenvalue weighted by Gasteiger charge is -2.21. The van der Waals surface area contributed by atoms with Crippen LogP contribution >= 0.6 is 0 Å². The van der Waals surface area contributed by atoms with Gasteiger partial charge in [-0.15, -0.1) is 0 Å². The molecule has 286 valence electrons. The topological polar surface area (TPSA) is 102 Å². The van der Waals surface area contributed by atoms with Gasteiger partial charge in [-0.25, -0.2) is 4.57 Å². The van der Waals surface area contributed by atoms with Gasteiger partial charge in [0.1, 0.15) is 19.4 Å². The van der Waals surface area contributed by atoms with Crippen molar-refractivity contribution >= 4 is 34.4 Å². The zero-order valence-electron chi connectivity index (χ0n) is 31.8. The molecule has 0 aliphatic carbocycles. The lowest BCUT2D eigenvalue weighted by molar-refractivity contribution is -0.644. The number of carbonyl (C=O) groups is 2. The van der Waals surface area contributed by atoms with Crippen LogP contribution in [0.3, 0.4) is 0 Å². The van der Waals surface area contributed by atoms with Crippen molar-refractivity contribution in [1.82, 2.24) is 10.6 Å². The first kappa shape index (κ1) is 40.1. The Morgan fingerprint density at radius 1 is 0.887 bits per heavy atom. The summed E-state index contributed by atoms with van der Waals surface area (Å²) in [6.07, 6.45) is 11.3. The molecule has 2 atom stereocenters. The number of aryl methyl sites for hydroxylation is 1. The Hall–Kier alpha value is -4.09. The van der Waals surface area contributed by atoms with Crippen LogP contribution in [0.5, 0.6) is 0 Å². The van der Waals surface area contributed by atoms with E-state index in [9.17, 15) is 9.59 Å². The van der Waals surface area contributed by atoms with Gasteiger partial charge in [0.15, 0.2) is 6.20 Å². The number of aromatic nitrogens is 1. The molecule has 3 aromatic rings. The molecule has 1 saturated heterocycles. The van der Waals surface area contributed by atoms with Crippen LogP contribution in [0.4, 0.5) is 5.69 Å². The summed E-state index contributed by atoms with van der Waals surface area (Å²) < 4.78 is 24.6. The molecule has 2 aliphatic heterocycles. The van der Waals surface area contributed by atoms with Crippen LogP contribution in [-0.2, 0) is 42.0 Å². The number of allylic oxidation sites excluding steroid dienone is 2. The van der Waals surface area contributed by atoms with Gasteiger partial charge in [-0.3, -0.25) is 9.59 Å². The van der Waals surface area contributed by atoms with E-state index in [0.29, 0.717) is 90.0 Å². The number of pyridine rings is 1. The van der Waals surface area contributed by atoms with Crippen LogP contribution in [0.1, 0.15) is 63.0 Å². The molecule has 10 nitrogen and oxygen atoms in total. The Balaban J connectivity index is 0.851. The molecule has 1 aromatic heterocycles. The number of unbranched alkanes of at least 4 members (excludes halogenated alkanes) is 1. The fraction of sp³-hybridized carbons (Fsp3) is 0.512. The van der Waals surface area contributed by atoms with Gasteiger partial charge >= 0.3 is 0 Å². The van der Waals surface area contributed by atoms with Crippen molar-refractivity contribution in [1.29, 1.82) is 0 Å². The number of ketones is 1. The van der Waals surface area contributed by atoms with Crippen molar-refractivity contribution in [3.8, 4) is 0 Å². The number of carbonyl (C=O) groups excluding carboxylic acids is 2. The second-order valence-corrected chi connectivity index (χ2v) is 14.1. The van der Waals surface area contributed by atoms with Crippen molar-refractivity contribution in [3.05, 3.63) is 89.9 Å². The van der Waals surface area contributed by atoms with Gasteiger partial charge in [0, 0.05) is 67.7 Å². The van der Waals surface area contributed by atoms with Gasteiger partial charge < -0.3 is 34.5 Å². The largest absolute Gasteiger partial charge is 0.386 e. The minimum Gasteiger partial charge on any atom is -0.386 e. The molecule has 1 fully saturated rings. The number of rotatable bonds is 24. The molecule has 0 bridgehead atoms. The summed E-state index contributed by atoms with van der Waals surface area (Å²) >= 11 is 0.